The van der Waals surface area contributed by atoms with E-state index in [2.05, 4.69) is 19.2 Å². The van der Waals surface area contributed by atoms with Crippen molar-refractivity contribution in [2.24, 2.45) is 5.73 Å². The summed E-state index contributed by atoms with van der Waals surface area (Å²) >= 11 is 2.35. The molecule has 0 aliphatic carbocycles. The van der Waals surface area contributed by atoms with Crippen LogP contribution in [-0.4, -0.2) is 46.7 Å². The molecule has 20 heavy (non-hydrogen) atoms. The van der Waals surface area contributed by atoms with Crippen LogP contribution in [0.2, 0.25) is 0 Å². The molecule has 4 N–H and O–H groups in total. The van der Waals surface area contributed by atoms with Crippen LogP contribution in [-0.2, 0) is 4.79 Å². The summed E-state index contributed by atoms with van der Waals surface area (Å²) in [4.78, 5) is 20.2. The van der Waals surface area contributed by atoms with E-state index in [0.29, 0.717) is 17.8 Å². The van der Waals surface area contributed by atoms with Gasteiger partial charge in [0.05, 0.1) is 5.75 Å². The lowest BCUT2D eigenvalue weighted by Crippen LogP contribution is -2.33. The molecule has 0 saturated carbocycles. The summed E-state index contributed by atoms with van der Waals surface area (Å²) in [5, 5.41) is 9.73. The number of hydrogen-bond donors (Lipinski definition) is 3. The molecule has 0 bridgehead atoms. The topological polar surface area (TPSA) is 92.4 Å². The highest BCUT2D eigenvalue weighted by molar-refractivity contribution is 8.12. The molecular weight excluding hydrogens is 296 g/mol. The molecular formula is C13H30N2O3S2. The lowest BCUT2D eigenvalue weighted by molar-refractivity contribution is -0.119. The van der Waals surface area contributed by atoms with Gasteiger partial charge in [0.2, 0.25) is 5.91 Å². The second-order valence-electron chi connectivity index (χ2n) is 4.17. The molecule has 0 saturated heterocycles. The molecule has 0 aromatic heterocycles. The Morgan fingerprint density at radius 3 is 1.80 bits per heavy atom. The third kappa shape index (κ3) is 30.5. The van der Waals surface area contributed by atoms with Gasteiger partial charge in [0.1, 0.15) is 0 Å². The third-order valence-electron chi connectivity index (χ3n) is 2.11. The summed E-state index contributed by atoms with van der Waals surface area (Å²) in [5.74, 6) is 0.714. The summed E-state index contributed by atoms with van der Waals surface area (Å²) in [5.41, 5.74) is 5.29. The van der Waals surface area contributed by atoms with Gasteiger partial charge < -0.3 is 16.2 Å². The van der Waals surface area contributed by atoms with Gasteiger partial charge >= 0.3 is 5.30 Å². The highest BCUT2D eigenvalue weighted by atomic mass is 32.2. The molecule has 0 spiro atoms. The summed E-state index contributed by atoms with van der Waals surface area (Å²) in [6.45, 7) is 8.15. The second kappa shape index (κ2) is 18.6. The zero-order valence-electron chi connectivity index (χ0n) is 13.4. The fraction of sp³-hybridized carbons (Fsp3) is 0.846. The van der Waals surface area contributed by atoms with Crippen LogP contribution in [0.1, 0.15) is 40.5 Å². The van der Waals surface area contributed by atoms with Gasteiger partial charge in [-0.05, 0) is 51.0 Å². The molecule has 0 heterocycles. The average Bonchev–Trinajstić information content (AvgIpc) is 2.40. The highest BCUT2D eigenvalue weighted by Crippen LogP contribution is 1.92. The summed E-state index contributed by atoms with van der Waals surface area (Å²) in [6.07, 6.45) is 5.53. The van der Waals surface area contributed by atoms with Gasteiger partial charge in [0.25, 0.3) is 0 Å². The van der Waals surface area contributed by atoms with E-state index in [4.69, 9.17) is 10.8 Å². The van der Waals surface area contributed by atoms with Crippen molar-refractivity contribution in [1.82, 2.24) is 5.32 Å². The minimum Gasteiger partial charge on any atom is -0.473 e. The lowest BCUT2D eigenvalue weighted by atomic mass is 10.3. The Balaban J connectivity index is -0.000000244. The number of thioether (sulfide) groups is 2. The van der Waals surface area contributed by atoms with Crippen molar-refractivity contribution in [1.29, 1.82) is 0 Å². The molecule has 7 heteroatoms. The molecule has 2 atom stereocenters. The normalized spacial score (nSPS) is 11.9. The Morgan fingerprint density at radius 2 is 1.60 bits per heavy atom. The maximum Gasteiger partial charge on any atom is 0.364 e. The van der Waals surface area contributed by atoms with E-state index in [1.54, 1.807) is 11.8 Å². The number of carbonyl (C=O) groups is 2. The quantitative estimate of drug-likeness (QED) is 0.719. The van der Waals surface area contributed by atoms with Gasteiger partial charge in [-0.15, -0.1) is 0 Å². The van der Waals surface area contributed by atoms with E-state index < -0.39 is 5.30 Å². The second-order valence-corrected chi connectivity index (χ2v) is 5.79. The molecule has 0 unspecified atom stereocenters. The van der Waals surface area contributed by atoms with E-state index in [-0.39, 0.29) is 5.91 Å². The molecule has 0 fully saturated rings. The molecule has 0 radical (unpaired) electrons. The van der Waals surface area contributed by atoms with Crippen LogP contribution in [0.3, 0.4) is 0 Å². The van der Waals surface area contributed by atoms with Crippen molar-refractivity contribution in [2.75, 3.05) is 18.3 Å². The Bertz CT molecular complexity index is 240. The summed E-state index contributed by atoms with van der Waals surface area (Å²) in [6, 6.07) is 0.703. The Kier molecular flexibility index (Phi) is 22.9. The largest absolute Gasteiger partial charge is 0.473 e. The van der Waals surface area contributed by atoms with E-state index in [1.165, 1.54) is 6.26 Å². The number of hydrogen-bond acceptors (Lipinski definition) is 5. The Hall–Kier alpha value is -0.400. The minimum atomic E-state index is -0.829. The van der Waals surface area contributed by atoms with Crippen molar-refractivity contribution < 1.29 is 14.7 Å². The van der Waals surface area contributed by atoms with Crippen LogP contribution in [0.15, 0.2) is 0 Å². The van der Waals surface area contributed by atoms with Crippen molar-refractivity contribution in [3.63, 3.8) is 0 Å². The number of carbonyl (C=O) groups excluding carboxylic acids is 1. The molecule has 0 aromatic rings. The number of rotatable bonds is 5. The molecule has 1 amide bonds. The molecule has 0 aliphatic heterocycles. The predicted molar refractivity (Wildman–Crippen MR) is 91.8 cm³/mol. The zero-order valence-corrected chi connectivity index (χ0v) is 15.1. The Morgan fingerprint density at radius 1 is 1.20 bits per heavy atom. The van der Waals surface area contributed by atoms with Gasteiger partial charge in [-0.3, -0.25) is 4.79 Å². The SMILES string of the molecule is CC[C@@H](C)N.CC[C@@H](C)NC(=O)CSC.CSC(=O)O. The molecule has 0 aromatic carbocycles. The maximum absolute atomic E-state index is 10.9. The van der Waals surface area contributed by atoms with E-state index in [1.807, 2.05) is 20.1 Å². The fourth-order valence-corrected chi connectivity index (χ4v) is 0.895. The van der Waals surface area contributed by atoms with Crippen molar-refractivity contribution >= 4 is 34.7 Å². The molecule has 0 rings (SSSR count). The van der Waals surface area contributed by atoms with Crippen LogP contribution in [0, 0.1) is 0 Å². The number of amides is 1. The van der Waals surface area contributed by atoms with Crippen LogP contribution in [0.4, 0.5) is 4.79 Å². The van der Waals surface area contributed by atoms with Crippen LogP contribution < -0.4 is 11.1 Å². The van der Waals surface area contributed by atoms with Crippen LogP contribution in [0.5, 0.6) is 0 Å². The van der Waals surface area contributed by atoms with E-state index in [0.717, 1.165) is 24.6 Å². The minimum absolute atomic E-state index is 0.141. The van der Waals surface area contributed by atoms with Gasteiger partial charge in [-0.1, -0.05) is 13.8 Å². The maximum atomic E-state index is 10.9. The van der Waals surface area contributed by atoms with Gasteiger partial charge in [-0.2, -0.15) is 11.8 Å². The first kappa shape index (κ1) is 24.6. The van der Waals surface area contributed by atoms with Crippen molar-refractivity contribution in [3.05, 3.63) is 0 Å². The van der Waals surface area contributed by atoms with Crippen LogP contribution >= 0.6 is 23.5 Å². The summed E-state index contributed by atoms with van der Waals surface area (Å²) in [7, 11) is 0. The smallest absolute Gasteiger partial charge is 0.364 e. The number of nitrogens with two attached hydrogens (primary N) is 1. The van der Waals surface area contributed by atoms with Gasteiger partial charge in [0.15, 0.2) is 0 Å². The van der Waals surface area contributed by atoms with Gasteiger partial charge in [0, 0.05) is 12.1 Å². The molecule has 0 aliphatic rings. The molecule has 5 nitrogen and oxygen atoms in total. The lowest BCUT2D eigenvalue weighted by Gasteiger charge is -2.09. The first-order valence-electron chi connectivity index (χ1n) is 6.55. The van der Waals surface area contributed by atoms with Gasteiger partial charge in [-0.25, -0.2) is 4.79 Å². The van der Waals surface area contributed by atoms with Crippen molar-refractivity contribution in [2.45, 2.75) is 52.6 Å². The highest BCUT2D eigenvalue weighted by Gasteiger charge is 2.02. The molecule has 122 valence electrons. The monoisotopic (exact) mass is 326 g/mol. The average molecular weight is 327 g/mol. The standard InChI is InChI=1S/C7H15NOS.C4H11N.C2H4O2S/c1-4-6(2)8-7(9)5-10-3;1-3-4(2)5;1-5-2(3)4/h6H,4-5H2,1-3H3,(H,8,9);4H,3,5H2,1-2H3;1H3,(H,3,4)/t6-;4-;/m11./s1. The van der Waals surface area contributed by atoms with E-state index in [9.17, 15) is 9.59 Å². The van der Waals surface area contributed by atoms with Crippen molar-refractivity contribution in [3.8, 4) is 0 Å². The van der Waals surface area contributed by atoms with E-state index >= 15 is 0 Å². The summed E-state index contributed by atoms with van der Waals surface area (Å²) < 4.78 is 0. The number of carboxylic acid groups (broad SMARTS) is 1. The fourth-order valence-electron chi connectivity index (χ4n) is 0.550. The third-order valence-corrected chi connectivity index (χ3v) is 3.01. The number of nitrogens with one attached hydrogen (secondary N) is 1. The van der Waals surface area contributed by atoms with Crippen LogP contribution in [0.25, 0.3) is 0 Å². The first-order chi connectivity index (χ1) is 9.24. The predicted octanol–water partition coefficient (Wildman–Crippen LogP) is 3.04. The first-order valence-corrected chi connectivity index (χ1v) is 9.17. The Labute approximate surface area is 131 Å². The zero-order chi connectivity index (χ0) is 16.6.